The Hall–Kier alpha value is -2.56. The summed E-state index contributed by atoms with van der Waals surface area (Å²) in [6.45, 7) is 7.06. The molecule has 2 N–H and O–H groups in total. The first-order valence-corrected chi connectivity index (χ1v) is 11.7. The van der Waals surface area contributed by atoms with E-state index in [2.05, 4.69) is 15.5 Å². The number of piperidine rings is 1. The quantitative estimate of drug-likeness (QED) is 0.545. The lowest BCUT2D eigenvalue weighted by Crippen LogP contribution is -2.42. The Morgan fingerprint density at radius 2 is 2.00 bits per heavy atom. The summed E-state index contributed by atoms with van der Waals surface area (Å²) in [4.78, 5) is 19.0. The van der Waals surface area contributed by atoms with Gasteiger partial charge in [-0.1, -0.05) is 5.16 Å². The maximum Gasteiger partial charge on any atom is 0.376 e. The molecule has 0 unspecified atom stereocenters. The molecule has 3 aromatic rings. The second-order valence-electron chi connectivity index (χ2n) is 8.39. The number of nitrogens with one attached hydrogen (secondary N) is 1. The van der Waals surface area contributed by atoms with Crippen LogP contribution in [0.1, 0.15) is 48.9 Å². The van der Waals surface area contributed by atoms with E-state index in [-0.39, 0.29) is 23.7 Å². The molecule has 1 aliphatic rings. The molecule has 10 heteroatoms. The number of nitrogens with zero attached hydrogens (tertiary/aromatic N) is 3. The fourth-order valence-electron chi connectivity index (χ4n) is 3.96. The number of rotatable bonds is 6. The summed E-state index contributed by atoms with van der Waals surface area (Å²) in [5, 5.41) is 19.4. The van der Waals surface area contributed by atoms with Gasteiger partial charge in [0.2, 0.25) is 0 Å². The highest BCUT2D eigenvalue weighted by Gasteiger charge is 2.32. The zero-order valence-corrected chi connectivity index (χ0v) is 19.2. The van der Waals surface area contributed by atoms with E-state index in [4.69, 9.17) is 4.52 Å². The summed E-state index contributed by atoms with van der Waals surface area (Å²) >= 11 is 1.36. The summed E-state index contributed by atoms with van der Waals surface area (Å²) in [7, 11) is -0.485. The van der Waals surface area contributed by atoms with E-state index in [1.807, 2.05) is 18.7 Å². The zero-order chi connectivity index (χ0) is 22.8. The molecule has 7 nitrogen and oxygen atoms in total. The van der Waals surface area contributed by atoms with Crippen molar-refractivity contribution in [2.24, 2.45) is 0 Å². The molecule has 1 fully saturated rings. The van der Waals surface area contributed by atoms with E-state index in [1.165, 1.54) is 23.5 Å². The summed E-state index contributed by atoms with van der Waals surface area (Å²) in [6, 6.07) is 6.11. The molecule has 3 heterocycles. The van der Waals surface area contributed by atoms with Crippen molar-refractivity contribution < 1.29 is 18.7 Å². The molecule has 0 bridgehead atoms. The molecule has 1 amide bonds. The van der Waals surface area contributed by atoms with E-state index in [9.17, 15) is 14.2 Å². The molecule has 0 aliphatic carbocycles. The van der Waals surface area contributed by atoms with Crippen LogP contribution in [0, 0.1) is 5.82 Å². The number of thiazole rings is 1. The second-order valence-corrected chi connectivity index (χ2v) is 9.24. The van der Waals surface area contributed by atoms with Crippen molar-refractivity contribution in [3.8, 4) is 21.8 Å². The first-order valence-electron chi connectivity index (χ1n) is 10.8. The van der Waals surface area contributed by atoms with E-state index >= 15 is 0 Å². The smallest absolute Gasteiger partial charge is 0.376 e. The Balaban J connectivity index is 1.72. The van der Waals surface area contributed by atoms with Crippen LogP contribution in [0.5, 0.6) is 0 Å². The first kappa shape index (κ1) is 22.6. The summed E-state index contributed by atoms with van der Waals surface area (Å²) in [5.74, 6) is 0.277. The number of benzene rings is 1. The Labute approximate surface area is 190 Å². The maximum absolute atomic E-state index is 13.5. The van der Waals surface area contributed by atoms with Crippen LogP contribution < -0.4 is 5.32 Å². The molecule has 1 aliphatic heterocycles. The van der Waals surface area contributed by atoms with Crippen LogP contribution in [-0.4, -0.2) is 52.1 Å². The lowest BCUT2D eigenvalue weighted by Gasteiger charge is -2.31. The van der Waals surface area contributed by atoms with Gasteiger partial charge in [0, 0.05) is 22.9 Å². The van der Waals surface area contributed by atoms with Crippen molar-refractivity contribution in [3.05, 3.63) is 46.9 Å². The number of amides is 1. The fraction of sp³-hybridized carbons (Fsp3) is 0.409. The minimum Gasteiger partial charge on any atom is -0.437 e. The lowest BCUT2D eigenvalue weighted by atomic mass is 9.80. The third-order valence-corrected chi connectivity index (χ3v) is 6.50. The van der Waals surface area contributed by atoms with Gasteiger partial charge in [-0.15, -0.1) is 11.3 Å². The lowest BCUT2D eigenvalue weighted by molar-refractivity contribution is 0.0939. The van der Waals surface area contributed by atoms with Crippen molar-refractivity contribution in [2.75, 3.05) is 13.1 Å². The minimum absolute atomic E-state index is 0.00711. The van der Waals surface area contributed by atoms with Crippen molar-refractivity contribution in [3.63, 3.8) is 0 Å². The average Bonchev–Trinajstić information content (AvgIpc) is 3.41. The van der Waals surface area contributed by atoms with Gasteiger partial charge in [0.05, 0.1) is 5.56 Å². The molecule has 1 aromatic carbocycles. The average molecular weight is 456 g/mol. The molecule has 4 rings (SSSR count). The van der Waals surface area contributed by atoms with Gasteiger partial charge < -0.3 is 19.7 Å². The van der Waals surface area contributed by atoms with E-state index in [0.29, 0.717) is 16.4 Å². The van der Waals surface area contributed by atoms with E-state index in [1.54, 1.807) is 24.3 Å². The zero-order valence-electron chi connectivity index (χ0n) is 18.3. The SMILES string of the molecule is CB(O)N1CCC(c2onc(-c3ccc(F)cc3)c2-c2nc(C(=O)NC(C)C)cs2)CC1. The Kier molecular flexibility index (Phi) is 6.73. The molecular weight excluding hydrogens is 430 g/mol. The van der Waals surface area contributed by atoms with Crippen LogP contribution >= 0.6 is 11.3 Å². The van der Waals surface area contributed by atoms with Crippen molar-refractivity contribution >= 4 is 24.3 Å². The highest BCUT2D eigenvalue weighted by Crippen LogP contribution is 2.42. The molecule has 0 radical (unpaired) electrons. The second kappa shape index (κ2) is 9.52. The molecule has 1 saturated heterocycles. The molecule has 0 spiro atoms. The third kappa shape index (κ3) is 4.77. The van der Waals surface area contributed by atoms with Crippen LogP contribution in [0.15, 0.2) is 34.2 Å². The van der Waals surface area contributed by atoms with Gasteiger partial charge in [-0.05, 0) is 70.9 Å². The normalized spacial score (nSPS) is 15.3. The summed E-state index contributed by atoms with van der Waals surface area (Å²) in [5.41, 5.74) is 2.41. The Morgan fingerprint density at radius 1 is 1.31 bits per heavy atom. The van der Waals surface area contributed by atoms with Gasteiger partial charge >= 0.3 is 7.05 Å². The highest BCUT2D eigenvalue weighted by atomic mass is 32.1. The highest BCUT2D eigenvalue weighted by molar-refractivity contribution is 7.13. The standard InChI is InChI=1S/C22H26BFN4O3S/c1-13(2)25-21(29)17-12-32-22(26-17)18-19(14-4-6-16(24)7-5-14)27-31-20(18)15-8-10-28(11-9-15)23(3)30/h4-7,12-13,15,30H,8-11H2,1-3H3,(H,25,29). The van der Waals surface area contributed by atoms with Gasteiger partial charge in [0.15, 0.2) is 5.76 Å². The predicted octanol–water partition coefficient (Wildman–Crippen LogP) is 4.03. The van der Waals surface area contributed by atoms with Crippen LogP contribution in [0.2, 0.25) is 6.82 Å². The number of halogens is 1. The van der Waals surface area contributed by atoms with Gasteiger partial charge in [0.1, 0.15) is 22.2 Å². The number of carbonyl (C=O) groups is 1. The van der Waals surface area contributed by atoms with Crippen LogP contribution in [0.25, 0.3) is 21.8 Å². The number of aromatic nitrogens is 2. The van der Waals surface area contributed by atoms with Gasteiger partial charge in [-0.3, -0.25) is 4.79 Å². The number of hydrogen-bond acceptors (Lipinski definition) is 7. The monoisotopic (exact) mass is 456 g/mol. The maximum atomic E-state index is 13.5. The number of carbonyl (C=O) groups excluding carboxylic acids is 1. The largest absolute Gasteiger partial charge is 0.437 e. The number of hydrogen-bond donors (Lipinski definition) is 2. The van der Waals surface area contributed by atoms with Gasteiger partial charge in [0.25, 0.3) is 5.91 Å². The summed E-state index contributed by atoms with van der Waals surface area (Å²) in [6.07, 6.45) is 1.62. The molecule has 2 aromatic heterocycles. The molecule has 32 heavy (non-hydrogen) atoms. The van der Waals surface area contributed by atoms with Crippen LogP contribution in [0.4, 0.5) is 4.39 Å². The van der Waals surface area contributed by atoms with E-state index in [0.717, 1.165) is 42.8 Å². The van der Waals surface area contributed by atoms with Crippen molar-refractivity contribution in [2.45, 2.75) is 45.5 Å². The van der Waals surface area contributed by atoms with Gasteiger partial charge in [-0.2, -0.15) is 0 Å². The fourth-order valence-corrected chi connectivity index (χ4v) is 4.81. The third-order valence-electron chi connectivity index (χ3n) is 5.64. The molecule has 0 atom stereocenters. The van der Waals surface area contributed by atoms with Crippen LogP contribution in [-0.2, 0) is 0 Å². The molecule has 168 valence electrons. The predicted molar refractivity (Wildman–Crippen MR) is 123 cm³/mol. The first-order chi connectivity index (χ1) is 15.3. The van der Waals surface area contributed by atoms with Crippen LogP contribution in [0.3, 0.4) is 0 Å². The molecular formula is C22H26BFN4O3S. The van der Waals surface area contributed by atoms with Crippen molar-refractivity contribution in [1.82, 2.24) is 20.3 Å². The summed E-state index contributed by atoms with van der Waals surface area (Å²) < 4.78 is 19.3. The Bertz CT molecular complexity index is 1080. The Morgan fingerprint density at radius 3 is 2.62 bits per heavy atom. The van der Waals surface area contributed by atoms with Crippen molar-refractivity contribution in [1.29, 1.82) is 0 Å². The van der Waals surface area contributed by atoms with Gasteiger partial charge in [-0.25, -0.2) is 9.37 Å². The minimum atomic E-state index is -0.485. The molecule has 0 saturated carbocycles. The van der Waals surface area contributed by atoms with E-state index < -0.39 is 7.05 Å². The topological polar surface area (TPSA) is 91.5 Å².